The Balaban J connectivity index is 2.21. The minimum atomic E-state index is -1.55. The monoisotopic (exact) mass is 314 g/mol. The highest BCUT2D eigenvalue weighted by atomic mass is 16.7. The smallest absolute Gasteiger partial charge is 0.341 e. The molecule has 1 aliphatic heterocycles. The Morgan fingerprint density at radius 2 is 1.86 bits per heavy atom. The van der Waals surface area contributed by atoms with Crippen molar-refractivity contribution in [1.29, 1.82) is 0 Å². The van der Waals surface area contributed by atoms with Gasteiger partial charge in [-0.1, -0.05) is 12.1 Å². The molecule has 22 heavy (non-hydrogen) atoms. The van der Waals surface area contributed by atoms with E-state index in [0.29, 0.717) is 0 Å². The Bertz CT molecular complexity index is 517. The molecule has 4 N–H and O–H groups in total. The maximum atomic E-state index is 11.7. The van der Waals surface area contributed by atoms with Gasteiger partial charge >= 0.3 is 5.97 Å². The highest BCUT2D eigenvalue weighted by Crippen LogP contribution is 2.26. The lowest BCUT2D eigenvalue weighted by Gasteiger charge is -2.39. The minimum absolute atomic E-state index is 0.0821. The summed E-state index contributed by atoms with van der Waals surface area (Å²) in [5, 5.41) is 38.4. The van der Waals surface area contributed by atoms with Gasteiger partial charge in [0.2, 0.25) is 6.29 Å². The Morgan fingerprint density at radius 1 is 1.18 bits per heavy atom. The maximum Gasteiger partial charge on any atom is 0.341 e. The van der Waals surface area contributed by atoms with Gasteiger partial charge in [-0.05, 0) is 12.1 Å². The number of ether oxygens (including phenoxy) is 3. The Kier molecular flexibility index (Phi) is 5.33. The standard InChI is InChI=1S/C14H18O8/c1-20-13(19)7-4-2-3-5-8(7)21-14-12(18)11(17)10(16)9(6-15)22-14/h2-5,9-12,14-18H,6H2,1H3/t9-,10-,11+,12-,14+/m0/s1. The van der Waals surface area contributed by atoms with Gasteiger partial charge in [-0.25, -0.2) is 4.79 Å². The molecule has 1 fully saturated rings. The van der Waals surface area contributed by atoms with E-state index in [1.54, 1.807) is 12.1 Å². The number of aliphatic hydroxyl groups is 4. The van der Waals surface area contributed by atoms with Crippen molar-refractivity contribution in [3.05, 3.63) is 29.8 Å². The number of esters is 1. The number of carbonyl (C=O) groups excluding carboxylic acids is 1. The van der Waals surface area contributed by atoms with E-state index in [4.69, 9.17) is 14.6 Å². The van der Waals surface area contributed by atoms with Crippen molar-refractivity contribution in [3.63, 3.8) is 0 Å². The van der Waals surface area contributed by atoms with Crippen LogP contribution in [0.1, 0.15) is 10.4 Å². The van der Waals surface area contributed by atoms with Crippen molar-refractivity contribution in [1.82, 2.24) is 0 Å². The van der Waals surface area contributed by atoms with Gasteiger partial charge in [-0.15, -0.1) is 0 Å². The normalized spacial score (nSPS) is 31.6. The molecule has 1 aliphatic rings. The third-order valence-corrected chi connectivity index (χ3v) is 3.38. The Hall–Kier alpha value is -1.71. The van der Waals surface area contributed by atoms with Crippen LogP contribution in [0.5, 0.6) is 5.75 Å². The highest BCUT2D eigenvalue weighted by Gasteiger charge is 2.44. The Labute approximate surface area is 126 Å². The second kappa shape index (κ2) is 7.03. The van der Waals surface area contributed by atoms with Gasteiger partial charge in [-0.3, -0.25) is 0 Å². The summed E-state index contributed by atoms with van der Waals surface area (Å²) in [7, 11) is 1.22. The topological polar surface area (TPSA) is 126 Å². The molecule has 0 saturated carbocycles. The second-order valence-electron chi connectivity index (χ2n) is 4.80. The highest BCUT2D eigenvalue weighted by molar-refractivity contribution is 5.92. The van der Waals surface area contributed by atoms with Gasteiger partial charge in [0, 0.05) is 0 Å². The average molecular weight is 314 g/mol. The number of benzene rings is 1. The van der Waals surface area contributed by atoms with Crippen LogP contribution in [0.2, 0.25) is 0 Å². The van der Waals surface area contributed by atoms with E-state index in [9.17, 15) is 20.1 Å². The van der Waals surface area contributed by atoms with Gasteiger partial charge in [-0.2, -0.15) is 0 Å². The zero-order valence-electron chi connectivity index (χ0n) is 11.8. The molecule has 1 aromatic carbocycles. The van der Waals surface area contributed by atoms with E-state index < -0.39 is 43.3 Å². The first-order chi connectivity index (χ1) is 10.5. The molecule has 1 saturated heterocycles. The van der Waals surface area contributed by atoms with Crippen LogP contribution in [0.3, 0.4) is 0 Å². The van der Waals surface area contributed by atoms with E-state index >= 15 is 0 Å². The fourth-order valence-corrected chi connectivity index (χ4v) is 2.14. The number of rotatable bonds is 4. The van der Waals surface area contributed by atoms with Gasteiger partial charge in [0.15, 0.2) is 0 Å². The van der Waals surface area contributed by atoms with Crippen molar-refractivity contribution >= 4 is 5.97 Å². The van der Waals surface area contributed by atoms with Crippen LogP contribution >= 0.6 is 0 Å². The lowest BCUT2D eigenvalue weighted by molar-refractivity contribution is -0.277. The van der Waals surface area contributed by atoms with Crippen LogP contribution in [0.25, 0.3) is 0 Å². The first-order valence-corrected chi connectivity index (χ1v) is 6.64. The quantitative estimate of drug-likeness (QED) is 0.503. The predicted octanol–water partition coefficient (Wildman–Crippen LogP) is -1.35. The summed E-state index contributed by atoms with van der Waals surface area (Å²) in [4.78, 5) is 11.7. The number of para-hydroxylation sites is 1. The summed E-state index contributed by atoms with van der Waals surface area (Å²) in [5.41, 5.74) is 0.113. The molecule has 0 spiro atoms. The van der Waals surface area contributed by atoms with Crippen molar-refractivity contribution in [2.24, 2.45) is 0 Å². The molecular weight excluding hydrogens is 296 g/mol. The number of hydrogen-bond acceptors (Lipinski definition) is 8. The lowest BCUT2D eigenvalue weighted by atomic mass is 9.99. The molecule has 8 heteroatoms. The average Bonchev–Trinajstić information content (AvgIpc) is 2.55. The zero-order valence-corrected chi connectivity index (χ0v) is 11.8. The number of methoxy groups -OCH3 is 1. The van der Waals surface area contributed by atoms with E-state index in [1.165, 1.54) is 19.2 Å². The molecule has 0 radical (unpaired) electrons. The summed E-state index contributed by atoms with van der Waals surface area (Å²) in [5.74, 6) is -0.557. The number of aliphatic hydroxyl groups excluding tert-OH is 4. The molecule has 0 amide bonds. The molecule has 0 aliphatic carbocycles. The van der Waals surface area contributed by atoms with Crippen LogP contribution in [0.4, 0.5) is 0 Å². The van der Waals surface area contributed by atoms with Crippen molar-refractivity contribution in [2.45, 2.75) is 30.7 Å². The van der Waals surface area contributed by atoms with Crippen LogP contribution in [0.15, 0.2) is 24.3 Å². The molecule has 0 bridgehead atoms. The largest absolute Gasteiger partial charge is 0.465 e. The summed E-state index contributed by atoms with van der Waals surface area (Å²) in [6.45, 7) is -0.566. The third kappa shape index (κ3) is 3.21. The Morgan fingerprint density at radius 3 is 2.50 bits per heavy atom. The fraction of sp³-hybridized carbons (Fsp3) is 0.500. The fourth-order valence-electron chi connectivity index (χ4n) is 2.14. The van der Waals surface area contributed by atoms with Gasteiger partial charge in [0.1, 0.15) is 35.7 Å². The van der Waals surface area contributed by atoms with Crippen LogP contribution in [0, 0.1) is 0 Å². The van der Waals surface area contributed by atoms with Gasteiger partial charge in [0.05, 0.1) is 13.7 Å². The molecule has 1 aromatic rings. The van der Waals surface area contributed by atoms with Gasteiger partial charge < -0.3 is 34.6 Å². The second-order valence-corrected chi connectivity index (χ2v) is 4.80. The van der Waals surface area contributed by atoms with Crippen LogP contribution in [-0.2, 0) is 9.47 Å². The molecule has 5 atom stereocenters. The molecular formula is C14H18O8. The maximum absolute atomic E-state index is 11.7. The number of carbonyl (C=O) groups is 1. The van der Waals surface area contributed by atoms with E-state index in [-0.39, 0.29) is 11.3 Å². The SMILES string of the molecule is COC(=O)c1ccccc1O[C@@H]1O[C@@H](CO)[C@H](O)[C@@H](O)[C@@H]1O. The van der Waals surface area contributed by atoms with E-state index in [1.807, 2.05) is 0 Å². The first-order valence-electron chi connectivity index (χ1n) is 6.64. The molecule has 8 nitrogen and oxygen atoms in total. The minimum Gasteiger partial charge on any atom is -0.465 e. The lowest BCUT2D eigenvalue weighted by Crippen LogP contribution is -2.60. The van der Waals surface area contributed by atoms with E-state index in [0.717, 1.165) is 0 Å². The van der Waals surface area contributed by atoms with E-state index in [2.05, 4.69) is 4.74 Å². The number of hydrogen-bond donors (Lipinski definition) is 4. The van der Waals surface area contributed by atoms with Crippen molar-refractivity contribution < 1.29 is 39.4 Å². The molecule has 2 rings (SSSR count). The summed E-state index contributed by atoms with van der Waals surface area (Å²) >= 11 is 0. The first kappa shape index (κ1) is 16.7. The van der Waals surface area contributed by atoms with Crippen molar-refractivity contribution in [3.8, 4) is 5.75 Å². The summed E-state index contributed by atoms with van der Waals surface area (Å²) < 4.78 is 15.3. The molecule has 0 unspecified atom stereocenters. The van der Waals surface area contributed by atoms with Gasteiger partial charge in [0.25, 0.3) is 0 Å². The molecule has 0 aromatic heterocycles. The van der Waals surface area contributed by atoms with Crippen LogP contribution < -0.4 is 4.74 Å². The van der Waals surface area contributed by atoms with Crippen LogP contribution in [-0.4, -0.2) is 70.8 Å². The third-order valence-electron chi connectivity index (χ3n) is 3.38. The predicted molar refractivity (Wildman–Crippen MR) is 72.2 cm³/mol. The van der Waals surface area contributed by atoms with Crippen molar-refractivity contribution in [2.75, 3.05) is 13.7 Å². The molecule has 1 heterocycles. The summed E-state index contributed by atoms with van der Waals surface area (Å²) in [6, 6.07) is 6.14. The zero-order chi connectivity index (χ0) is 16.3. The molecule has 122 valence electrons. The summed E-state index contributed by atoms with van der Waals surface area (Å²) in [6.07, 6.45) is -7.03.